The van der Waals surface area contributed by atoms with Gasteiger partial charge in [0.15, 0.2) is 0 Å². The van der Waals surface area contributed by atoms with E-state index in [2.05, 4.69) is 10.2 Å². The van der Waals surface area contributed by atoms with Crippen molar-refractivity contribution in [1.82, 2.24) is 10.2 Å². The van der Waals surface area contributed by atoms with E-state index in [4.69, 9.17) is 4.42 Å². The Labute approximate surface area is 119 Å². The number of nitrogens with one attached hydrogen (secondary N) is 1. The molecule has 1 aromatic rings. The summed E-state index contributed by atoms with van der Waals surface area (Å²) in [4.78, 5) is 14.4. The number of hydrogen-bond donors (Lipinski definition) is 2. The molecule has 5 nitrogen and oxygen atoms in total. The van der Waals surface area contributed by atoms with Crippen LogP contribution in [0.4, 0.5) is 0 Å². The van der Waals surface area contributed by atoms with Gasteiger partial charge >= 0.3 is 0 Å². The zero-order chi connectivity index (χ0) is 14.5. The quantitative estimate of drug-likeness (QED) is 0.859. The van der Waals surface area contributed by atoms with Crippen LogP contribution in [0, 0.1) is 5.92 Å². The molecule has 1 aliphatic rings. The Morgan fingerprint density at radius 3 is 3.10 bits per heavy atom. The van der Waals surface area contributed by atoms with Crippen LogP contribution < -0.4 is 5.32 Å². The van der Waals surface area contributed by atoms with Crippen molar-refractivity contribution in [2.45, 2.75) is 38.3 Å². The molecule has 5 heteroatoms. The molecule has 1 amide bonds. The van der Waals surface area contributed by atoms with Crippen molar-refractivity contribution in [2.75, 3.05) is 20.1 Å². The van der Waals surface area contributed by atoms with E-state index in [0.717, 1.165) is 25.9 Å². The van der Waals surface area contributed by atoms with Gasteiger partial charge in [0.1, 0.15) is 11.9 Å². The molecule has 1 fully saturated rings. The van der Waals surface area contributed by atoms with E-state index in [9.17, 15) is 9.90 Å². The van der Waals surface area contributed by atoms with Gasteiger partial charge in [-0.3, -0.25) is 4.79 Å². The lowest BCUT2D eigenvalue weighted by molar-refractivity contribution is -0.127. The van der Waals surface area contributed by atoms with Crippen LogP contribution in [0.15, 0.2) is 22.8 Å². The van der Waals surface area contributed by atoms with Crippen LogP contribution in [0.1, 0.15) is 38.1 Å². The largest absolute Gasteiger partial charge is 0.467 e. The topological polar surface area (TPSA) is 65.7 Å². The molecular weight excluding hydrogens is 256 g/mol. The lowest BCUT2D eigenvalue weighted by Gasteiger charge is -2.29. The Bertz CT molecular complexity index is 419. The first-order chi connectivity index (χ1) is 9.56. The monoisotopic (exact) mass is 280 g/mol. The molecule has 1 saturated heterocycles. The molecule has 2 N–H and O–H groups in total. The molecular formula is C15H24N2O3. The van der Waals surface area contributed by atoms with Crippen molar-refractivity contribution in [3.05, 3.63) is 24.2 Å². The molecule has 3 atom stereocenters. The Kier molecular flexibility index (Phi) is 5.20. The summed E-state index contributed by atoms with van der Waals surface area (Å²) >= 11 is 0. The molecule has 2 heterocycles. The highest BCUT2D eigenvalue weighted by Crippen LogP contribution is 2.19. The van der Waals surface area contributed by atoms with Crippen molar-refractivity contribution in [3.8, 4) is 0 Å². The Hall–Kier alpha value is -1.33. The normalized spacial score (nSPS) is 23.2. The summed E-state index contributed by atoms with van der Waals surface area (Å²) in [7, 11) is 2.05. The van der Waals surface area contributed by atoms with Crippen LogP contribution in [-0.2, 0) is 4.79 Å². The molecule has 0 aliphatic carbocycles. The van der Waals surface area contributed by atoms with Crippen molar-refractivity contribution >= 4 is 5.91 Å². The van der Waals surface area contributed by atoms with Gasteiger partial charge in [-0.1, -0.05) is 0 Å². The van der Waals surface area contributed by atoms with Gasteiger partial charge in [0.2, 0.25) is 5.91 Å². The van der Waals surface area contributed by atoms with Gasteiger partial charge in [0.25, 0.3) is 0 Å². The number of aliphatic hydroxyl groups is 1. The van der Waals surface area contributed by atoms with Crippen LogP contribution >= 0.6 is 0 Å². The van der Waals surface area contributed by atoms with Gasteiger partial charge in [0.05, 0.1) is 12.2 Å². The summed E-state index contributed by atoms with van der Waals surface area (Å²) in [5.74, 6) is 0.705. The third kappa shape index (κ3) is 4.08. The zero-order valence-corrected chi connectivity index (χ0v) is 12.2. The lowest BCUT2D eigenvalue weighted by Crippen LogP contribution is -2.44. The van der Waals surface area contributed by atoms with E-state index in [1.807, 2.05) is 14.0 Å². The van der Waals surface area contributed by atoms with Crippen molar-refractivity contribution in [1.29, 1.82) is 0 Å². The molecule has 20 heavy (non-hydrogen) atoms. The predicted octanol–water partition coefficient (Wildman–Crippen LogP) is 1.55. The second kappa shape index (κ2) is 6.90. The zero-order valence-electron chi connectivity index (χ0n) is 12.2. The molecule has 1 aliphatic heterocycles. The SMILES string of the molecule is CC(CC(O)c1ccco1)NC(=O)C1CCCN(C)C1. The maximum absolute atomic E-state index is 12.2. The number of hydrogen-bond acceptors (Lipinski definition) is 4. The minimum atomic E-state index is -0.672. The summed E-state index contributed by atoms with van der Waals surface area (Å²) < 4.78 is 5.16. The fourth-order valence-corrected chi connectivity index (χ4v) is 2.73. The van der Waals surface area contributed by atoms with Crippen LogP contribution in [0.3, 0.4) is 0 Å². The number of nitrogens with zero attached hydrogens (tertiary/aromatic N) is 1. The molecule has 0 spiro atoms. The first-order valence-electron chi connectivity index (χ1n) is 7.26. The number of rotatable bonds is 5. The van der Waals surface area contributed by atoms with Gasteiger partial charge in [0, 0.05) is 19.0 Å². The Morgan fingerprint density at radius 2 is 2.45 bits per heavy atom. The van der Waals surface area contributed by atoms with Gasteiger partial charge in [-0.05, 0) is 45.5 Å². The minimum Gasteiger partial charge on any atom is -0.467 e. The lowest BCUT2D eigenvalue weighted by atomic mass is 9.97. The number of carbonyl (C=O) groups is 1. The standard InChI is InChI=1S/C15H24N2O3/c1-11(9-13(18)14-6-4-8-20-14)16-15(19)12-5-3-7-17(2)10-12/h4,6,8,11-13,18H,3,5,7,9-10H2,1-2H3,(H,16,19). The van der Waals surface area contributed by atoms with Gasteiger partial charge in [-0.2, -0.15) is 0 Å². The first-order valence-corrected chi connectivity index (χ1v) is 7.26. The average Bonchev–Trinajstić information content (AvgIpc) is 2.92. The summed E-state index contributed by atoms with van der Waals surface area (Å²) in [5, 5.41) is 13.0. The molecule has 0 bridgehead atoms. The number of carbonyl (C=O) groups excluding carboxylic acids is 1. The maximum Gasteiger partial charge on any atom is 0.224 e. The second-order valence-electron chi connectivity index (χ2n) is 5.78. The molecule has 0 saturated carbocycles. The van der Waals surface area contributed by atoms with E-state index in [-0.39, 0.29) is 17.9 Å². The number of amides is 1. The third-order valence-electron chi connectivity index (χ3n) is 3.83. The van der Waals surface area contributed by atoms with Crippen LogP contribution in [-0.4, -0.2) is 42.1 Å². The number of aliphatic hydroxyl groups excluding tert-OH is 1. The third-order valence-corrected chi connectivity index (χ3v) is 3.83. The van der Waals surface area contributed by atoms with Crippen molar-refractivity contribution < 1.29 is 14.3 Å². The summed E-state index contributed by atoms with van der Waals surface area (Å²) in [5.41, 5.74) is 0. The van der Waals surface area contributed by atoms with E-state index in [0.29, 0.717) is 12.2 Å². The average molecular weight is 280 g/mol. The van der Waals surface area contributed by atoms with E-state index in [1.54, 1.807) is 18.4 Å². The maximum atomic E-state index is 12.2. The van der Waals surface area contributed by atoms with Crippen molar-refractivity contribution in [2.24, 2.45) is 5.92 Å². The van der Waals surface area contributed by atoms with E-state index < -0.39 is 6.10 Å². The highest BCUT2D eigenvalue weighted by Gasteiger charge is 2.25. The minimum absolute atomic E-state index is 0.0666. The summed E-state index contributed by atoms with van der Waals surface area (Å²) in [6.07, 6.45) is 3.35. The smallest absolute Gasteiger partial charge is 0.224 e. The number of piperidine rings is 1. The predicted molar refractivity (Wildman–Crippen MR) is 76.1 cm³/mol. The van der Waals surface area contributed by atoms with E-state index >= 15 is 0 Å². The van der Waals surface area contributed by atoms with Crippen LogP contribution in [0.5, 0.6) is 0 Å². The van der Waals surface area contributed by atoms with Crippen molar-refractivity contribution in [3.63, 3.8) is 0 Å². The molecule has 2 rings (SSSR count). The summed E-state index contributed by atoms with van der Waals surface area (Å²) in [6.45, 7) is 3.80. The van der Waals surface area contributed by atoms with Gasteiger partial charge in [-0.15, -0.1) is 0 Å². The summed E-state index contributed by atoms with van der Waals surface area (Å²) in [6, 6.07) is 3.42. The highest BCUT2D eigenvalue weighted by atomic mass is 16.4. The highest BCUT2D eigenvalue weighted by molar-refractivity contribution is 5.79. The van der Waals surface area contributed by atoms with Crippen LogP contribution in [0.25, 0.3) is 0 Å². The van der Waals surface area contributed by atoms with Crippen LogP contribution in [0.2, 0.25) is 0 Å². The fraction of sp³-hybridized carbons (Fsp3) is 0.667. The fourth-order valence-electron chi connectivity index (χ4n) is 2.73. The molecule has 1 aromatic heterocycles. The second-order valence-corrected chi connectivity index (χ2v) is 5.78. The first kappa shape index (κ1) is 15.1. The van der Waals surface area contributed by atoms with E-state index in [1.165, 1.54) is 0 Å². The van der Waals surface area contributed by atoms with Gasteiger partial charge in [-0.25, -0.2) is 0 Å². The molecule has 0 radical (unpaired) electrons. The Balaban J connectivity index is 1.78. The number of likely N-dealkylation sites (tertiary alicyclic amines) is 1. The number of furan rings is 1. The molecule has 112 valence electrons. The Morgan fingerprint density at radius 1 is 1.65 bits per heavy atom. The van der Waals surface area contributed by atoms with Gasteiger partial charge < -0.3 is 19.7 Å². The molecule has 0 aromatic carbocycles. The molecule has 3 unspecified atom stereocenters.